The molecule has 21 heavy (non-hydrogen) atoms. The molecular formula is C13H17N3O4S. The molecular weight excluding hydrogens is 294 g/mol. The Labute approximate surface area is 124 Å². The predicted octanol–water partition coefficient (Wildman–Crippen LogP) is -0.0924. The lowest BCUT2D eigenvalue weighted by atomic mass is 10.1. The van der Waals surface area contributed by atoms with Crippen LogP contribution >= 0.6 is 0 Å². The van der Waals surface area contributed by atoms with Crippen LogP contribution in [0.2, 0.25) is 0 Å². The van der Waals surface area contributed by atoms with Gasteiger partial charge < -0.3 is 10.1 Å². The lowest BCUT2D eigenvalue weighted by Crippen LogP contribution is -2.38. The number of nitrogens with one attached hydrogen (secondary N) is 2. The number of hydrogen-bond acceptors (Lipinski definition) is 5. The largest absolute Gasteiger partial charge is 0.383 e. The maximum absolute atomic E-state index is 12.0. The van der Waals surface area contributed by atoms with Crippen molar-refractivity contribution in [2.45, 2.75) is 11.8 Å². The summed E-state index contributed by atoms with van der Waals surface area (Å²) in [5.74, 6) is -0.444. The fourth-order valence-electron chi connectivity index (χ4n) is 1.53. The molecule has 7 nitrogen and oxygen atoms in total. The van der Waals surface area contributed by atoms with E-state index in [9.17, 15) is 13.2 Å². The molecule has 8 heteroatoms. The van der Waals surface area contributed by atoms with Gasteiger partial charge >= 0.3 is 0 Å². The molecule has 0 radical (unpaired) electrons. The van der Waals surface area contributed by atoms with Gasteiger partial charge in [-0.05, 0) is 30.7 Å². The number of nitriles is 1. The Morgan fingerprint density at radius 1 is 1.43 bits per heavy atom. The molecule has 0 spiro atoms. The molecule has 0 saturated heterocycles. The number of ether oxygens (including phenoxy) is 1. The van der Waals surface area contributed by atoms with E-state index in [4.69, 9.17) is 10.00 Å². The average molecular weight is 311 g/mol. The molecule has 2 N–H and O–H groups in total. The second-order valence-electron chi connectivity index (χ2n) is 4.26. The molecule has 0 aliphatic carbocycles. The van der Waals surface area contributed by atoms with Crippen LogP contribution in [-0.4, -0.2) is 41.1 Å². The average Bonchev–Trinajstić information content (AvgIpc) is 2.45. The molecule has 0 fully saturated rings. The number of benzene rings is 1. The van der Waals surface area contributed by atoms with Crippen LogP contribution in [0, 0.1) is 18.3 Å². The summed E-state index contributed by atoms with van der Waals surface area (Å²) in [6.45, 7) is 1.96. The zero-order chi connectivity index (χ0) is 15.9. The molecule has 0 aliphatic rings. The first-order valence-electron chi connectivity index (χ1n) is 6.16. The first-order valence-corrected chi connectivity index (χ1v) is 7.65. The highest BCUT2D eigenvalue weighted by Gasteiger charge is 2.16. The summed E-state index contributed by atoms with van der Waals surface area (Å²) >= 11 is 0. The number of amides is 1. The van der Waals surface area contributed by atoms with Gasteiger partial charge in [-0.3, -0.25) is 4.79 Å². The van der Waals surface area contributed by atoms with E-state index in [1.165, 1.54) is 25.3 Å². The number of methoxy groups -OCH3 is 1. The van der Waals surface area contributed by atoms with Gasteiger partial charge in [0.1, 0.15) is 0 Å². The van der Waals surface area contributed by atoms with Crippen molar-refractivity contribution < 1.29 is 17.9 Å². The summed E-state index contributed by atoms with van der Waals surface area (Å²) in [6, 6.07) is 6.12. The summed E-state index contributed by atoms with van der Waals surface area (Å²) in [4.78, 5) is 11.4. The number of aryl methyl sites for hydroxylation is 1. The monoisotopic (exact) mass is 311 g/mol. The van der Waals surface area contributed by atoms with Crippen molar-refractivity contribution in [1.82, 2.24) is 10.0 Å². The third-order valence-corrected chi connectivity index (χ3v) is 4.08. The maximum Gasteiger partial charge on any atom is 0.241 e. The maximum atomic E-state index is 12.0. The Kier molecular flexibility index (Phi) is 6.30. The molecule has 0 unspecified atom stereocenters. The molecule has 0 heterocycles. The summed E-state index contributed by atoms with van der Waals surface area (Å²) < 4.78 is 31.0. The molecule has 1 aromatic rings. The van der Waals surface area contributed by atoms with Gasteiger partial charge in [0, 0.05) is 13.7 Å². The minimum absolute atomic E-state index is 0.0173. The van der Waals surface area contributed by atoms with E-state index in [0.717, 1.165) is 0 Å². The number of sulfonamides is 1. The number of carbonyl (C=O) groups excluding carboxylic acids is 1. The Balaban J connectivity index is 2.68. The highest BCUT2D eigenvalue weighted by molar-refractivity contribution is 7.89. The molecule has 1 rings (SSSR count). The van der Waals surface area contributed by atoms with Gasteiger partial charge in [-0.15, -0.1) is 0 Å². The quantitative estimate of drug-likeness (QED) is 0.684. The fourth-order valence-corrected chi connectivity index (χ4v) is 2.59. The van der Waals surface area contributed by atoms with Gasteiger partial charge in [-0.25, -0.2) is 13.1 Å². The van der Waals surface area contributed by atoms with Gasteiger partial charge in [0.15, 0.2) is 0 Å². The lowest BCUT2D eigenvalue weighted by Gasteiger charge is -2.08. The number of carbonyl (C=O) groups is 1. The summed E-state index contributed by atoms with van der Waals surface area (Å²) in [6.07, 6.45) is 0. The van der Waals surface area contributed by atoms with E-state index >= 15 is 0 Å². The topological polar surface area (TPSA) is 108 Å². The van der Waals surface area contributed by atoms with Crippen molar-refractivity contribution in [1.29, 1.82) is 5.26 Å². The van der Waals surface area contributed by atoms with Crippen molar-refractivity contribution in [3.05, 3.63) is 29.3 Å². The Bertz CT molecular complexity index is 650. The standard InChI is InChI=1S/C13H17N3O4S/c1-10-7-12(4-3-11(10)8-14)21(18,19)16-9-13(17)15-5-6-20-2/h3-4,7,16H,5-6,9H2,1-2H3,(H,15,17). The third-order valence-electron chi connectivity index (χ3n) is 2.68. The second-order valence-corrected chi connectivity index (χ2v) is 6.02. The van der Waals surface area contributed by atoms with Crippen molar-refractivity contribution in [2.24, 2.45) is 0 Å². The van der Waals surface area contributed by atoms with Crippen LogP contribution in [0.3, 0.4) is 0 Å². The normalized spacial score (nSPS) is 10.9. The van der Waals surface area contributed by atoms with Crippen LogP contribution in [0.4, 0.5) is 0 Å². The predicted molar refractivity (Wildman–Crippen MR) is 76.0 cm³/mol. The van der Waals surface area contributed by atoms with Gasteiger partial charge in [0.25, 0.3) is 0 Å². The minimum Gasteiger partial charge on any atom is -0.383 e. The molecule has 1 aromatic carbocycles. The van der Waals surface area contributed by atoms with Gasteiger partial charge in [0.2, 0.25) is 15.9 Å². The molecule has 0 aliphatic heterocycles. The Morgan fingerprint density at radius 2 is 2.14 bits per heavy atom. The van der Waals surface area contributed by atoms with E-state index in [1.807, 2.05) is 6.07 Å². The SMILES string of the molecule is COCCNC(=O)CNS(=O)(=O)c1ccc(C#N)c(C)c1. The van der Waals surface area contributed by atoms with Crippen LogP contribution < -0.4 is 10.0 Å². The number of hydrogen-bond donors (Lipinski definition) is 2. The van der Waals surface area contributed by atoms with Gasteiger partial charge in [-0.1, -0.05) is 0 Å². The van der Waals surface area contributed by atoms with E-state index in [1.54, 1.807) is 6.92 Å². The van der Waals surface area contributed by atoms with Crippen LogP contribution in [-0.2, 0) is 19.6 Å². The highest BCUT2D eigenvalue weighted by Crippen LogP contribution is 2.14. The number of nitrogens with zero attached hydrogens (tertiary/aromatic N) is 1. The molecule has 0 saturated carbocycles. The van der Waals surface area contributed by atoms with E-state index < -0.39 is 15.9 Å². The zero-order valence-corrected chi connectivity index (χ0v) is 12.7. The van der Waals surface area contributed by atoms with Crippen molar-refractivity contribution in [2.75, 3.05) is 26.8 Å². The smallest absolute Gasteiger partial charge is 0.241 e. The van der Waals surface area contributed by atoms with Gasteiger partial charge in [-0.2, -0.15) is 5.26 Å². The van der Waals surface area contributed by atoms with E-state index in [-0.39, 0.29) is 11.4 Å². The van der Waals surface area contributed by atoms with Crippen molar-refractivity contribution in [3.63, 3.8) is 0 Å². The molecule has 1 amide bonds. The van der Waals surface area contributed by atoms with Crippen LogP contribution in [0.1, 0.15) is 11.1 Å². The van der Waals surface area contributed by atoms with Crippen molar-refractivity contribution >= 4 is 15.9 Å². The van der Waals surface area contributed by atoms with Crippen LogP contribution in [0.5, 0.6) is 0 Å². The summed E-state index contributed by atoms with van der Waals surface area (Å²) in [7, 11) is -2.28. The molecule has 0 atom stereocenters. The number of rotatable bonds is 7. The summed E-state index contributed by atoms with van der Waals surface area (Å²) in [5.41, 5.74) is 0.969. The molecule has 0 aromatic heterocycles. The Morgan fingerprint density at radius 3 is 2.71 bits per heavy atom. The zero-order valence-electron chi connectivity index (χ0n) is 11.8. The minimum atomic E-state index is -3.78. The highest BCUT2D eigenvalue weighted by atomic mass is 32.2. The van der Waals surface area contributed by atoms with Crippen LogP contribution in [0.15, 0.2) is 23.1 Å². The molecule has 114 valence electrons. The second kappa shape index (κ2) is 7.73. The molecule has 0 bridgehead atoms. The van der Waals surface area contributed by atoms with E-state index in [0.29, 0.717) is 24.3 Å². The fraction of sp³-hybridized carbons (Fsp3) is 0.385. The first kappa shape index (κ1) is 17.1. The first-order chi connectivity index (χ1) is 9.90. The van der Waals surface area contributed by atoms with Gasteiger partial charge in [0.05, 0.1) is 29.7 Å². The third kappa shape index (κ3) is 5.15. The van der Waals surface area contributed by atoms with Crippen LogP contribution in [0.25, 0.3) is 0 Å². The van der Waals surface area contributed by atoms with Crippen molar-refractivity contribution in [3.8, 4) is 6.07 Å². The van der Waals surface area contributed by atoms with E-state index in [2.05, 4.69) is 10.0 Å². The lowest BCUT2D eigenvalue weighted by molar-refractivity contribution is -0.120. The summed E-state index contributed by atoms with van der Waals surface area (Å²) in [5, 5.41) is 11.3. The Hall–Kier alpha value is -1.95.